The van der Waals surface area contributed by atoms with E-state index in [9.17, 15) is 35.1 Å². The zero-order valence-electron chi connectivity index (χ0n) is 8.62. The number of alkyl halides is 8. The van der Waals surface area contributed by atoms with Crippen LogP contribution in [0.2, 0.25) is 0 Å². The molecular weight excluding hydrogens is 280 g/mol. The fourth-order valence-corrected chi connectivity index (χ4v) is 1.56. The van der Waals surface area contributed by atoms with E-state index < -0.39 is 50.1 Å². The lowest BCUT2D eigenvalue weighted by molar-refractivity contribution is -0.361. The van der Waals surface area contributed by atoms with Gasteiger partial charge in [-0.2, -0.15) is 17.6 Å². The van der Waals surface area contributed by atoms with Crippen LogP contribution in [0.4, 0.5) is 35.1 Å². The molecule has 1 aliphatic heterocycles. The SMILES string of the molecule is FC(F)C(F)(F)C1(C(F)(F)C(F)F)COCOC1. The first-order valence-electron chi connectivity index (χ1n) is 4.57. The molecule has 0 radical (unpaired) electrons. The minimum Gasteiger partial charge on any atom is -0.354 e. The van der Waals surface area contributed by atoms with E-state index in [0.29, 0.717) is 0 Å². The van der Waals surface area contributed by atoms with Crippen molar-refractivity contribution in [2.45, 2.75) is 24.7 Å². The van der Waals surface area contributed by atoms with Gasteiger partial charge in [-0.1, -0.05) is 0 Å². The van der Waals surface area contributed by atoms with E-state index in [4.69, 9.17) is 0 Å². The van der Waals surface area contributed by atoms with Crippen molar-refractivity contribution >= 4 is 0 Å². The molecular formula is C8H8F8O2. The van der Waals surface area contributed by atoms with E-state index in [0.717, 1.165) is 0 Å². The van der Waals surface area contributed by atoms with E-state index in [1.165, 1.54) is 0 Å². The maximum absolute atomic E-state index is 13.2. The Morgan fingerprint density at radius 2 is 1.11 bits per heavy atom. The second-order valence-electron chi connectivity index (χ2n) is 3.74. The van der Waals surface area contributed by atoms with Gasteiger partial charge in [0.25, 0.3) is 0 Å². The largest absolute Gasteiger partial charge is 0.354 e. The second kappa shape index (κ2) is 4.80. The van der Waals surface area contributed by atoms with Crippen LogP contribution in [0.25, 0.3) is 0 Å². The van der Waals surface area contributed by atoms with E-state index in [2.05, 4.69) is 9.47 Å². The van der Waals surface area contributed by atoms with Crippen LogP contribution in [0.3, 0.4) is 0 Å². The van der Waals surface area contributed by atoms with Gasteiger partial charge in [0.15, 0.2) is 5.41 Å². The molecule has 1 heterocycles. The Morgan fingerprint density at radius 1 is 0.778 bits per heavy atom. The average molecular weight is 288 g/mol. The third-order valence-corrected chi connectivity index (χ3v) is 2.69. The van der Waals surface area contributed by atoms with Gasteiger partial charge in [-0.15, -0.1) is 0 Å². The smallest absolute Gasteiger partial charge is 0.323 e. The molecule has 108 valence electrons. The predicted molar refractivity (Wildman–Crippen MR) is 41.1 cm³/mol. The van der Waals surface area contributed by atoms with Gasteiger partial charge < -0.3 is 9.47 Å². The van der Waals surface area contributed by atoms with Crippen molar-refractivity contribution in [2.24, 2.45) is 5.41 Å². The fraction of sp³-hybridized carbons (Fsp3) is 1.00. The van der Waals surface area contributed by atoms with Crippen LogP contribution in [-0.4, -0.2) is 44.7 Å². The third-order valence-electron chi connectivity index (χ3n) is 2.69. The monoisotopic (exact) mass is 288 g/mol. The lowest BCUT2D eigenvalue weighted by Crippen LogP contribution is -2.66. The van der Waals surface area contributed by atoms with Gasteiger partial charge in [-0.05, 0) is 0 Å². The summed E-state index contributed by atoms with van der Waals surface area (Å²) in [6.45, 7) is -4.01. The molecule has 0 aromatic rings. The van der Waals surface area contributed by atoms with Crippen LogP contribution in [-0.2, 0) is 9.47 Å². The third kappa shape index (κ3) is 2.04. The normalized spacial score (nSPS) is 21.7. The molecule has 1 aliphatic rings. The van der Waals surface area contributed by atoms with Crippen LogP contribution in [0.1, 0.15) is 0 Å². The summed E-state index contributed by atoms with van der Waals surface area (Å²) in [5.74, 6) is -10.8. The van der Waals surface area contributed by atoms with E-state index in [1.807, 2.05) is 0 Å². The quantitative estimate of drug-likeness (QED) is 0.741. The molecule has 18 heavy (non-hydrogen) atoms. The van der Waals surface area contributed by atoms with Crippen molar-refractivity contribution < 1.29 is 44.6 Å². The first-order chi connectivity index (χ1) is 8.09. The van der Waals surface area contributed by atoms with E-state index >= 15 is 0 Å². The summed E-state index contributed by atoms with van der Waals surface area (Å²) in [5.41, 5.74) is -4.10. The summed E-state index contributed by atoms with van der Waals surface area (Å²) in [7, 11) is 0. The molecule has 0 bridgehead atoms. The Bertz CT molecular complexity index is 265. The Kier molecular flexibility index (Phi) is 4.11. The lowest BCUT2D eigenvalue weighted by Gasteiger charge is -2.45. The number of rotatable bonds is 4. The van der Waals surface area contributed by atoms with Gasteiger partial charge in [0.1, 0.15) is 6.79 Å². The van der Waals surface area contributed by atoms with Crippen molar-refractivity contribution in [3.05, 3.63) is 0 Å². The van der Waals surface area contributed by atoms with E-state index in [1.54, 1.807) is 0 Å². The highest BCUT2D eigenvalue weighted by Gasteiger charge is 2.75. The summed E-state index contributed by atoms with van der Waals surface area (Å²) >= 11 is 0. The van der Waals surface area contributed by atoms with Crippen LogP contribution < -0.4 is 0 Å². The summed E-state index contributed by atoms with van der Waals surface area (Å²) in [5, 5.41) is 0. The molecule has 0 saturated carbocycles. The van der Waals surface area contributed by atoms with Crippen molar-refractivity contribution in [3.8, 4) is 0 Å². The topological polar surface area (TPSA) is 18.5 Å². The summed E-state index contributed by atoms with van der Waals surface area (Å²) in [6, 6.07) is 0. The molecule has 2 nitrogen and oxygen atoms in total. The molecule has 10 heteroatoms. The molecule has 0 spiro atoms. The van der Waals surface area contributed by atoms with Gasteiger partial charge in [0.2, 0.25) is 0 Å². The molecule has 0 unspecified atom stereocenters. The summed E-state index contributed by atoms with van der Waals surface area (Å²) < 4.78 is 110. The van der Waals surface area contributed by atoms with Crippen molar-refractivity contribution in [1.82, 2.24) is 0 Å². The zero-order chi connectivity index (χ0) is 14.2. The Morgan fingerprint density at radius 3 is 1.39 bits per heavy atom. The van der Waals surface area contributed by atoms with Gasteiger partial charge in [-0.3, -0.25) is 0 Å². The first kappa shape index (κ1) is 15.4. The van der Waals surface area contributed by atoms with Crippen molar-refractivity contribution in [3.63, 3.8) is 0 Å². The zero-order valence-corrected chi connectivity index (χ0v) is 8.62. The number of halogens is 8. The van der Waals surface area contributed by atoms with Gasteiger partial charge in [-0.25, -0.2) is 17.6 Å². The van der Waals surface area contributed by atoms with Crippen molar-refractivity contribution in [1.29, 1.82) is 0 Å². The van der Waals surface area contributed by atoms with Crippen LogP contribution in [0, 0.1) is 5.41 Å². The Labute approximate surface area is 95.8 Å². The molecule has 0 aromatic heterocycles. The van der Waals surface area contributed by atoms with Crippen molar-refractivity contribution in [2.75, 3.05) is 20.0 Å². The maximum Gasteiger partial charge on any atom is 0.323 e. The molecule has 0 aromatic carbocycles. The molecule has 1 rings (SSSR count). The molecule has 0 N–H and O–H groups in total. The van der Waals surface area contributed by atoms with Crippen LogP contribution in [0.15, 0.2) is 0 Å². The van der Waals surface area contributed by atoms with Crippen LogP contribution >= 0.6 is 0 Å². The standard InChI is InChI=1S/C8H8F8O2/c9-4(10)7(13,14)6(1-17-3-18-2-6)8(15,16)5(11)12/h4-5H,1-3H2. The van der Waals surface area contributed by atoms with Crippen LogP contribution in [0.5, 0.6) is 0 Å². The molecule has 1 fully saturated rings. The highest BCUT2D eigenvalue weighted by atomic mass is 19.3. The van der Waals surface area contributed by atoms with Gasteiger partial charge in [0.05, 0.1) is 13.2 Å². The minimum atomic E-state index is -5.38. The summed E-state index contributed by atoms with van der Waals surface area (Å²) in [6.07, 6.45) is -9.10. The van der Waals surface area contributed by atoms with E-state index in [-0.39, 0.29) is 0 Å². The summed E-state index contributed by atoms with van der Waals surface area (Å²) in [4.78, 5) is 0. The number of hydrogen-bond acceptors (Lipinski definition) is 2. The van der Waals surface area contributed by atoms with Gasteiger partial charge >= 0.3 is 24.7 Å². The lowest BCUT2D eigenvalue weighted by atomic mass is 9.76. The Balaban J connectivity index is 3.27. The highest BCUT2D eigenvalue weighted by molar-refractivity contribution is 5.05. The average Bonchev–Trinajstić information content (AvgIpc) is 2.29. The highest BCUT2D eigenvalue weighted by Crippen LogP contribution is 2.54. The fourth-order valence-electron chi connectivity index (χ4n) is 1.56. The van der Waals surface area contributed by atoms with Gasteiger partial charge in [0, 0.05) is 0 Å². The second-order valence-corrected chi connectivity index (χ2v) is 3.74. The molecule has 0 atom stereocenters. The first-order valence-corrected chi connectivity index (χ1v) is 4.57. The molecule has 0 aliphatic carbocycles. The number of ether oxygens (including phenoxy) is 2. The molecule has 0 amide bonds. The molecule has 1 saturated heterocycles. The predicted octanol–water partition coefficient (Wildman–Crippen LogP) is 2.78. The minimum absolute atomic E-state index is 0.708. The Hall–Kier alpha value is -0.640. The maximum atomic E-state index is 13.2. The number of hydrogen-bond donors (Lipinski definition) is 0.